The molecule has 1 unspecified atom stereocenters. The van der Waals surface area contributed by atoms with Crippen LogP contribution < -0.4 is 5.32 Å². The number of carbonyl (C=O) groups is 2. The van der Waals surface area contributed by atoms with Crippen LogP contribution >= 0.6 is 0 Å². The third-order valence-electron chi connectivity index (χ3n) is 4.76. The fourth-order valence-electron chi connectivity index (χ4n) is 3.42. The fourth-order valence-corrected chi connectivity index (χ4v) is 3.42. The Labute approximate surface area is 159 Å². The fraction of sp³-hybridized carbons (Fsp3) is 0.450. The molecule has 0 bridgehead atoms. The number of hydrogen-bond donors (Lipinski definition) is 1. The largest absolute Gasteiger partial charge is 0.383 e. The van der Waals surface area contributed by atoms with Gasteiger partial charge in [0.1, 0.15) is 0 Å². The van der Waals surface area contributed by atoms with Gasteiger partial charge in [-0.05, 0) is 26.0 Å². The van der Waals surface area contributed by atoms with E-state index in [0.29, 0.717) is 31.7 Å². The summed E-state index contributed by atoms with van der Waals surface area (Å²) in [6, 6.07) is 8.51. The second kappa shape index (κ2) is 8.35. The summed E-state index contributed by atoms with van der Waals surface area (Å²) in [6.07, 6.45) is 2.40. The van der Waals surface area contributed by atoms with E-state index in [1.165, 1.54) is 0 Å². The molecule has 27 heavy (non-hydrogen) atoms. The SMILES string of the molecule is COCCNC(=O)C1c2c(ncn2C(C)C)CCN1C(=O)c1ccccc1. The maximum Gasteiger partial charge on any atom is 0.254 e. The van der Waals surface area contributed by atoms with Gasteiger partial charge < -0.3 is 19.5 Å². The lowest BCUT2D eigenvalue weighted by Gasteiger charge is -2.36. The van der Waals surface area contributed by atoms with Crippen molar-refractivity contribution in [3.63, 3.8) is 0 Å². The van der Waals surface area contributed by atoms with Gasteiger partial charge in [0.15, 0.2) is 6.04 Å². The summed E-state index contributed by atoms with van der Waals surface area (Å²) in [4.78, 5) is 32.3. The van der Waals surface area contributed by atoms with Gasteiger partial charge in [0, 0.05) is 38.2 Å². The second-order valence-electron chi connectivity index (χ2n) is 6.88. The molecule has 144 valence electrons. The number of imidazole rings is 1. The third kappa shape index (κ3) is 3.88. The Hall–Kier alpha value is -2.67. The zero-order chi connectivity index (χ0) is 19.4. The van der Waals surface area contributed by atoms with Crippen molar-refractivity contribution in [1.82, 2.24) is 19.8 Å². The average Bonchev–Trinajstić information content (AvgIpc) is 3.12. The molecule has 2 heterocycles. The van der Waals surface area contributed by atoms with Gasteiger partial charge in [0.25, 0.3) is 5.91 Å². The molecule has 7 heteroatoms. The van der Waals surface area contributed by atoms with Crippen molar-refractivity contribution >= 4 is 11.8 Å². The lowest BCUT2D eigenvalue weighted by Crippen LogP contribution is -2.48. The number of carbonyl (C=O) groups excluding carboxylic acids is 2. The molecule has 0 radical (unpaired) electrons. The van der Waals surface area contributed by atoms with Gasteiger partial charge in [-0.3, -0.25) is 9.59 Å². The Kier molecular flexibility index (Phi) is 5.91. The molecule has 1 aromatic carbocycles. The molecule has 1 aliphatic rings. The number of fused-ring (bicyclic) bond motifs is 1. The molecule has 1 aliphatic heterocycles. The van der Waals surface area contributed by atoms with E-state index in [0.717, 1.165) is 11.4 Å². The van der Waals surface area contributed by atoms with Crippen molar-refractivity contribution in [3.05, 3.63) is 53.6 Å². The van der Waals surface area contributed by atoms with E-state index < -0.39 is 6.04 Å². The Balaban J connectivity index is 1.98. The molecule has 0 saturated carbocycles. The molecule has 0 saturated heterocycles. The van der Waals surface area contributed by atoms with Crippen molar-refractivity contribution < 1.29 is 14.3 Å². The van der Waals surface area contributed by atoms with E-state index in [4.69, 9.17) is 4.74 Å². The molecule has 2 amide bonds. The predicted molar refractivity (Wildman–Crippen MR) is 101 cm³/mol. The van der Waals surface area contributed by atoms with Crippen molar-refractivity contribution in [2.75, 3.05) is 26.8 Å². The molecule has 1 atom stereocenters. The van der Waals surface area contributed by atoms with Crippen LogP contribution in [-0.2, 0) is 16.0 Å². The minimum atomic E-state index is -0.705. The molecule has 1 aromatic heterocycles. The zero-order valence-corrected chi connectivity index (χ0v) is 16.0. The summed E-state index contributed by atoms with van der Waals surface area (Å²) in [6.45, 7) is 5.35. The Morgan fingerprint density at radius 1 is 1.30 bits per heavy atom. The Morgan fingerprint density at radius 3 is 2.70 bits per heavy atom. The molecule has 3 rings (SSSR count). The van der Waals surface area contributed by atoms with Crippen LogP contribution in [0.25, 0.3) is 0 Å². The first-order valence-corrected chi connectivity index (χ1v) is 9.22. The molecular weight excluding hydrogens is 344 g/mol. The van der Waals surface area contributed by atoms with Gasteiger partial charge in [0.05, 0.1) is 24.3 Å². The number of nitrogens with one attached hydrogen (secondary N) is 1. The highest BCUT2D eigenvalue weighted by Gasteiger charge is 2.39. The molecule has 0 spiro atoms. The smallest absolute Gasteiger partial charge is 0.254 e. The predicted octanol–water partition coefficient (Wildman–Crippen LogP) is 1.97. The quantitative estimate of drug-likeness (QED) is 0.789. The third-order valence-corrected chi connectivity index (χ3v) is 4.76. The summed E-state index contributed by atoms with van der Waals surface area (Å²) in [5, 5.41) is 2.89. The number of aromatic nitrogens is 2. The van der Waals surface area contributed by atoms with Crippen LogP contribution in [0.4, 0.5) is 0 Å². The summed E-state index contributed by atoms with van der Waals surface area (Å²) >= 11 is 0. The Morgan fingerprint density at radius 2 is 2.04 bits per heavy atom. The first-order valence-electron chi connectivity index (χ1n) is 9.22. The van der Waals surface area contributed by atoms with Crippen LogP contribution in [0.5, 0.6) is 0 Å². The monoisotopic (exact) mass is 370 g/mol. The summed E-state index contributed by atoms with van der Waals surface area (Å²) in [7, 11) is 1.59. The van der Waals surface area contributed by atoms with Gasteiger partial charge in [-0.15, -0.1) is 0 Å². The Bertz CT molecular complexity index is 801. The lowest BCUT2D eigenvalue weighted by atomic mass is 9.99. The van der Waals surface area contributed by atoms with Crippen LogP contribution in [0, 0.1) is 0 Å². The highest BCUT2D eigenvalue weighted by Crippen LogP contribution is 2.32. The summed E-state index contributed by atoms with van der Waals surface area (Å²) in [5.41, 5.74) is 2.26. The van der Waals surface area contributed by atoms with Gasteiger partial charge in [-0.25, -0.2) is 4.98 Å². The topological polar surface area (TPSA) is 76.5 Å². The minimum absolute atomic E-state index is 0.141. The van der Waals surface area contributed by atoms with E-state index >= 15 is 0 Å². The number of amides is 2. The molecule has 2 aromatic rings. The first kappa shape index (κ1) is 19.1. The normalized spacial score (nSPS) is 16.3. The van der Waals surface area contributed by atoms with E-state index in [2.05, 4.69) is 10.3 Å². The van der Waals surface area contributed by atoms with E-state index in [9.17, 15) is 9.59 Å². The lowest BCUT2D eigenvalue weighted by molar-refractivity contribution is -0.126. The molecule has 7 nitrogen and oxygen atoms in total. The number of methoxy groups -OCH3 is 1. The number of ether oxygens (including phenoxy) is 1. The highest BCUT2D eigenvalue weighted by molar-refractivity contribution is 5.98. The van der Waals surface area contributed by atoms with Gasteiger partial charge in [-0.1, -0.05) is 18.2 Å². The molecular formula is C20H26N4O3. The van der Waals surface area contributed by atoms with Gasteiger partial charge in [0.2, 0.25) is 5.91 Å². The van der Waals surface area contributed by atoms with Gasteiger partial charge in [-0.2, -0.15) is 0 Å². The number of nitrogens with zero attached hydrogens (tertiary/aromatic N) is 3. The van der Waals surface area contributed by atoms with Crippen molar-refractivity contribution in [2.45, 2.75) is 32.4 Å². The standard InChI is InChI=1S/C20H26N4O3/c1-14(2)24-13-22-16-9-11-23(20(26)15-7-5-4-6-8-15)18(17(16)24)19(25)21-10-12-27-3/h4-8,13-14,18H,9-12H2,1-3H3,(H,21,25). The minimum Gasteiger partial charge on any atom is -0.383 e. The van der Waals surface area contributed by atoms with Crippen LogP contribution in [0.3, 0.4) is 0 Å². The van der Waals surface area contributed by atoms with Crippen LogP contribution in [-0.4, -0.2) is 53.1 Å². The van der Waals surface area contributed by atoms with E-state index in [1.54, 1.807) is 30.5 Å². The average molecular weight is 370 g/mol. The van der Waals surface area contributed by atoms with Crippen LogP contribution in [0.2, 0.25) is 0 Å². The zero-order valence-electron chi connectivity index (χ0n) is 16.0. The van der Waals surface area contributed by atoms with E-state index in [-0.39, 0.29) is 17.9 Å². The maximum atomic E-state index is 13.1. The van der Waals surface area contributed by atoms with Gasteiger partial charge >= 0.3 is 0 Å². The summed E-state index contributed by atoms with van der Waals surface area (Å²) < 4.78 is 7.01. The van der Waals surface area contributed by atoms with E-state index in [1.807, 2.05) is 36.6 Å². The first-order chi connectivity index (χ1) is 13.0. The maximum absolute atomic E-state index is 13.1. The number of hydrogen-bond acceptors (Lipinski definition) is 4. The van der Waals surface area contributed by atoms with Crippen LogP contribution in [0.1, 0.15) is 47.7 Å². The highest BCUT2D eigenvalue weighted by atomic mass is 16.5. The van der Waals surface area contributed by atoms with Crippen molar-refractivity contribution in [2.24, 2.45) is 0 Å². The summed E-state index contributed by atoms with van der Waals surface area (Å²) in [5.74, 6) is -0.357. The van der Waals surface area contributed by atoms with Crippen molar-refractivity contribution in [3.8, 4) is 0 Å². The van der Waals surface area contributed by atoms with Crippen LogP contribution in [0.15, 0.2) is 36.7 Å². The second-order valence-corrected chi connectivity index (χ2v) is 6.88. The molecule has 1 N–H and O–H groups in total. The molecule has 0 fully saturated rings. The number of rotatable bonds is 6. The van der Waals surface area contributed by atoms with Crippen molar-refractivity contribution in [1.29, 1.82) is 0 Å². The molecule has 0 aliphatic carbocycles. The number of benzene rings is 1.